The van der Waals surface area contributed by atoms with E-state index in [1.165, 1.54) is 12.1 Å². The van der Waals surface area contributed by atoms with Crippen molar-refractivity contribution in [2.75, 3.05) is 7.05 Å². The minimum absolute atomic E-state index is 0.115. The average Bonchev–Trinajstić information content (AvgIpc) is 2.92. The molecule has 0 radical (unpaired) electrons. The Hall–Kier alpha value is -1.91. The Morgan fingerprint density at radius 3 is 2.80 bits per heavy atom. The van der Waals surface area contributed by atoms with Crippen LogP contribution in [0.4, 0.5) is 4.39 Å². The van der Waals surface area contributed by atoms with Gasteiger partial charge in [0.05, 0.1) is 11.4 Å². The smallest absolute Gasteiger partial charge is 0.241 e. The number of benzene rings is 1. The van der Waals surface area contributed by atoms with Gasteiger partial charge in [-0.15, -0.1) is 10.2 Å². The summed E-state index contributed by atoms with van der Waals surface area (Å²) in [6, 6.07) is 3.62. The SMILES string of the molecule is CNCc1ccc(F)cc1S(=O)(=O)NCc1nn[nH]n1. The van der Waals surface area contributed by atoms with Crippen molar-refractivity contribution in [1.29, 1.82) is 0 Å². The molecule has 20 heavy (non-hydrogen) atoms. The number of aromatic amines is 1. The molecule has 0 aliphatic carbocycles. The molecule has 108 valence electrons. The zero-order chi connectivity index (χ0) is 14.6. The summed E-state index contributed by atoms with van der Waals surface area (Å²) in [5, 5.41) is 15.6. The standard InChI is InChI=1S/C10H13FN6O2S/c1-12-5-7-2-3-8(11)4-9(7)20(18,19)13-6-10-14-16-17-15-10/h2-4,12-13H,5-6H2,1H3,(H,14,15,16,17). The number of tetrazole rings is 1. The Labute approximate surface area is 114 Å². The molecule has 0 saturated heterocycles. The Morgan fingerprint density at radius 2 is 2.15 bits per heavy atom. The van der Waals surface area contributed by atoms with Crippen LogP contribution in [0.2, 0.25) is 0 Å². The Balaban J connectivity index is 2.26. The highest BCUT2D eigenvalue weighted by Crippen LogP contribution is 2.17. The second-order valence-corrected chi connectivity index (χ2v) is 5.67. The molecule has 0 atom stereocenters. The van der Waals surface area contributed by atoms with Crippen molar-refractivity contribution in [3.8, 4) is 0 Å². The van der Waals surface area contributed by atoms with Crippen molar-refractivity contribution in [1.82, 2.24) is 30.7 Å². The fraction of sp³-hybridized carbons (Fsp3) is 0.300. The van der Waals surface area contributed by atoms with Crippen molar-refractivity contribution < 1.29 is 12.8 Å². The highest BCUT2D eigenvalue weighted by Gasteiger charge is 2.19. The van der Waals surface area contributed by atoms with E-state index in [4.69, 9.17) is 0 Å². The van der Waals surface area contributed by atoms with E-state index < -0.39 is 15.8 Å². The van der Waals surface area contributed by atoms with Gasteiger partial charge in [-0.1, -0.05) is 11.3 Å². The van der Waals surface area contributed by atoms with Crippen LogP contribution in [0.1, 0.15) is 11.4 Å². The van der Waals surface area contributed by atoms with Crippen LogP contribution in [0.5, 0.6) is 0 Å². The molecule has 0 unspecified atom stereocenters. The first-order valence-corrected chi connectivity index (χ1v) is 7.16. The number of halogens is 1. The van der Waals surface area contributed by atoms with Crippen LogP contribution in [-0.2, 0) is 23.1 Å². The number of nitrogens with one attached hydrogen (secondary N) is 3. The summed E-state index contributed by atoms with van der Waals surface area (Å²) in [5.74, 6) is -0.426. The minimum Gasteiger partial charge on any atom is -0.316 e. The maximum absolute atomic E-state index is 13.3. The monoisotopic (exact) mass is 300 g/mol. The normalized spacial score (nSPS) is 11.7. The van der Waals surface area contributed by atoms with E-state index in [0.717, 1.165) is 6.07 Å². The molecule has 0 aliphatic rings. The minimum atomic E-state index is -3.86. The van der Waals surface area contributed by atoms with Crippen molar-refractivity contribution in [2.45, 2.75) is 18.0 Å². The van der Waals surface area contributed by atoms with Crippen molar-refractivity contribution >= 4 is 10.0 Å². The van der Waals surface area contributed by atoms with E-state index in [1.807, 2.05) is 0 Å². The summed E-state index contributed by atoms with van der Waals surface area (Å²) in [7, 11) is -2.19. The molecule has 1 aromatic heterocycles. The van der Waals surface area contributed by atoms with Gasteiger partial charge in [-0.3, -0.25) is 0 Å². The Morgan fingerprint density at radius 1 is 1.35 bits per heavy atom. The first-order chi connectivity index (χ1) is 9.53. The Bertz CT molecular complexity index is 673. The predicted molar refractivity (Wildman–Crippen MR) is 67.4 cm³/mol. The molecule has 0 spiro atoms. The largest absolute Gasteiger partial charge is 0.316 e. The van der Waals surface area contributed by atoms with E-state index in [2.05, 4.69) is 30.7 Å². The molecule has 0 bridgehead atoms. The van der Waals surface area contributed by atoms with Gasteiger partial charge in [-0.25, -0.2) is 17.5 Å². The van der Waals surface area contributed by atoms with Gasteiger partial charge in [-0.05, 0) is 24.7 Å². The van der Waals surface area contributed by atoms with Gasteiger partial charge in [0.2, 0.25) is 10.0 Å². The van der Waals surface area contributed by atoms with Crippen LogP contribution in [-0.4, -0.2) is 36.1 Å². The number of nitrogens with zero attached hydrogens (tertiary/aromatic N) is 3. The van der Waals surface area contributed by atoms with Crippen molar-refractivity contribution in [2.24, 2.45) is 0 Å². The first-order valence-electron chi connectivity index (χ1n) is 5.68. The number of sulfonamides is 1. The quantitative estimate of drug-likeness (QED) is 0.665. The first kappa shape index (κ1) is 14.5. The third-order valence-electron chi connectivity index (χ3n) is 2.50. The lowest BCUT2D eigenvalue weighted by Gasteiger charge is -2.10. The van der Waals surface area contributed by atoms with E-state index in [0.29, 0.717) is 12.1 Å². The molecular weight excluding hydrogens is 287 g/mol. The fourth-order valence-corrected chi connectivity index (χ4v) is 2.84. The molecule has 10 heteroatoms. The van der Waals surface area contributed by atoms with Crippen LogP contribution in [0.3, 0.4) is 0 Å². The lowest BCUT2D eigenvalue weighted by atomic mass is 10.2. The second kappa shape index (κ2) is 6.03. The van der Waals surface area contributed by atoms with E-state index in [-0.39, 0.29) is 17.3 Å². The molecule has 0 saturated carbocycles. The van der Waals surface area contributed by atoms with Gasteiger partial charge < -0.3 is 5.32 Å². The van der Waals surface area contributed by atoms with Gasteiger partial charge in [0.25, 0.3) is 0 Å². The number of hydrogen-bond acceptors (Lipinski definition) is 6. The van der Waals surface area contributed by atoms with Gasteiger partial charge >= 0.3 is 0 Å². The van der Waals surface area contributed by atoms with Crippen LogP contribution in [0, 0.1) is 5.82 Å². The van der Waals surface area contributed by atoms with E-state index in [1.54, 1.807) is 7.05 Å². The molecule has 2 rings (SSSR count). The molecule has 2 aromatic rings. The zero-order valence-corrected chi connectivity index (χ0v) is 11.4. The van der Waals surface area contributed by atoms with Crippen molar-refractivity contribution in [3.63, 3.8) is 0 Å². The van der Waals surface area contributed by atoms with Gasteiger partial charge in [0.1, 0.15) is 5.82 Å². The maximum atomic E-state index is 13.3. The average molecular weight is 300 g/mol. The molecule has 8 nitrogen and oxygen atoms in total. The molecule has 0 fully saturated rings. The summed E-state index contributed by atoms with van der Waals surface area (Å²) < 4.78 is 39.9. The number of aromatic nitrogens is 4. The molecule has 1 aromatic carbocycles. The number of H-pyrrole nitrogens is 1. The summed E-state index contributed by atoms with van der Waals surface area (Å²) in [6.07, 6.45) is 0. The molecule has 0 amide bonds. The van der Waals surface area contributed by atoms with Crippen LogP contribution in [0.25, 0.3) is 0 Å². The molecule has 1 heterocycles. The summed E-state index contributed by atoms with van der Waals surface area (Å²) in [4.78, 5) is -0.115. The maximum Gasteiger partial charge on any atom is 0.241 e. The number of rotatable bonds is 6. The van der Waals surface area contributed by atoms with Gasteiger partial charge in [0, 0.05) is 6.54 Å². The third-order valence-corrected chi connectivity index (χ3v) is 3.98. The number of hydrogen-bond donors (Lipinski definition) is 3. The fourth-order valence-electron chi connectivity index (χ4n) is 1.61. The molecular formula is C10H13FN6O2S. The molecule has 3 N–H and O–H groups in total. The molecule has 0 aliphatic heterocycles. The summed E-state index contributed by atoms with van der Waals surface area (Å²) >= 11 is 0. The second-order valence-electron chi connectivity index (χ2n) is 3.93. The van der Waals surface area contributed by atoms with E-state index >= 15 is 0 Å². The lowest BCUT2D eigenvalue weighted by Crippen LogP contribution is -2.26. The van der Waals surface area contributed by atoms with Gasteiger partial charge in [-0.2, -0.15) is 5.21 Å². The zero-order valence-electron chi connectivity index (χ0n) is 10.6. The highest BCUT2D eigenvalue weighted by atomic mass is 32.2. The predicted octanol–water partition coefficient (Wildman–Crippen LogP) is -0.463. The van der Waals surface area contributed by atoms with Gasteiger partial charge in [0.15, 0.2) is 5.82 Å². The van der Waals surface area contributed by atoms with Crippen LogP contribution in [0.15, 0.2) is 23.1 Å². The Kier molecular flexibility index (Phi) is 4.37. The van der Waals surface area contributed by atoms with Crippen LogP contribution < -0.4 is 10.0 Å². The van der Waals surface area contributed by atoms with Crippen LogP contribution >= 0.6 is 0 Å². The topological polar surface area (TPSA) is 113 Å². The lowest BCUT2D eigenvalue weighted by molar-refractivity contribution is 0.572. The summed E-state index contributed by atoms with van der Waals surface area (Å²) in [5.41, 5.74) is 0.467. The van der Waals surface area contributed by atoms with E-state index in [9.17, 15) is 12.8 Å². The third kappa shape index (κ3) is 3.35. The summed E-state index contributed by atoms with van der Waals surface area (Å²) in [6.45, 7) is 0.174. The highest BCUT2D eigenvalue weighted by molar-refractivity contribution is 7.89. The van der Waals surface area contributed by atoms with Crippen molar-refractivity contribution in [3.05, 3.63) is 35.4 Å².